The summed E-state index contributed by atoms with van der Waals surface area (Å²) in [6, 6.07) is 7.28. The van der Waals surface area contributed by atoms with Crippen LogP contribution in [0.15, 0.2) is 28.8 Å². The SMILES string of the molecule is Cc1nc(C(=O)NNc2nnc(Cl)c3ccccc23)no1. The minimum atomic E-state index is -0.548. The Kier molecular flexibility index (Phi) is 3.36. The van der Waals surface area contributed by atoms with Crippen molar-refractivity contribution in [1.82, 2.24) is 25.8 Å². The highest BCUT2D eigenvalue weighted by Gasteiger charge is 2.13. The van der Waals surface area contributed by atoms with Crippen LogP contribution in [0.25, 0.3) is 10.8 Å². The Hall–Kier alpha value is -2.74. The van der Waals surface area contributed by atoms with Crippen molar-refractivity contribution in [3.8, 4) is 0 Å². The molecule has 0 aliphatic carbocycles. The molecule has 0 fully saturated rings. The molecule has 106 valence electrons. The van der Waals surface area contributed by atoms with Crippen LogP contribution in [-0.4, -0.2) is 26.2 Å². The third-order valence-electron chi connectivity index (χ3n) is 2.67. The van der Waals surface area contributed by atoms with Gasteiger partial charge in [0.2, 0.25) is 5.89 Å². The first kappa shape index (κ1) is 13.3. The highest BCUT2D eigenvalue weighted by Crippen LogP contribution is 2.24. The number of hydrazine groups is 1. The molecule has 3 rings (SSSR count). The predicted octanol–water partition coefficient (Wildman–Crippen LogP) is 1.73. The van der Waals surface area contributed by atoms with Gasteiger partial charge in [0.15, 0.2) is 11.0 Å². The fourth-order valence-electron chi connectivity index (χ4n) is 1.73. The number of carbonyl (C=O) groups excluding carboxylic acids is 1. The maximum Gasteiger partial charge on any atom is 0.311 e. The number of hydrogen-bond acceptors (Lipinski definition) is 7. The van der Waals surface area contributed by atoms with Gasteiger partial charge >= 0.3 is 5.91 Å². The number of hydrogen-bond donors (Lipinski definition) is 2. The standard InChI is InChI=1S/C12H9ClN6O2/c1-6-14-11(19-21-6)12(20)18-17-10-8-5-3-2-4-7(8)9(13)15-16-10/h2-5H,1H3,(H,16,17)(H,18,20). The first-order valence-electron chi connectivity index (χ1n) is 5.93. The number of halogens is 1. The van der Waals surface area contributed by atoms with E-state index in [1.165, 1.54) is 0 Å². The number of carbonyl (C=O) groups is 1. The van der Waals surface area contributed by atoms with Gasteiger partial charge in [0, 0.05) is 17.7 Å². The quantitative estimate of drug-likeness (QED) is 0.710. The fourth-order valence-corrected chi connectivity index (χ4v) is 1.93. The molecule has 1 amide bonds. The second-order valence-electron chi connectivity index (χ2n) is 4.10. The Morgan fingerprint density at radius 1 is 1.24 bits per heavy atom. The molecule has 3 aromatic rings. The molecule has 2 aromatic heterocycles. The van der Waals surface area contributed by atoms with E-state index in [2.05, 4.69) is 31.2 Å². The van der Waals surface area contributed by atoms with E-state index in [0.717, 1.165) is 10.8 Å². The van der Waals surface area contributed by atoms with Crippen molar-refractivity contribution in [3.05, 3.63) is 41.1 Å². The topological polar surface area (TPSA) is 106 Å². The zero-order valence-corrected chi connectivity index (χ0v) is 11.5. The van der Waals surface area contributed by atoms with Crippen LogP contribution >= 0.6 is 11.6 Å². The summed E-state index contributed by atoms with van der Waals surface area (Å²) >= 11 is 5.97. The molecule has 0 saturated carbocycles. The maximum atomic E-state index is 11.8. The first-order chi connectivity index (χ1) is 10.1. The molecule has 0 saturated heterocycles. The summed E-state index contributed by atoms with van der Waals surface area (Å²) < 4.78 is 4.73. The molecule has 0 spiro atoms. The summed E-state index contributed by atoms with van der Waals surface area (Å²) in [6.45, 7) is 1.59. The number of anilines is 1. The average Bonchev–Trinajstić information content (AvgIpc) is 2.93. The molecule has 0 aliphatic rings. The molecule has 21 heavy (non-hydrogen) atoms. The van der Waals surface area contributed by atoms with E-state index >= 15 is 0 Å². The van der Waals surface area contributed by atoms with Crippen molar-refractivity contribution in [2.75, 3.05) is 5.43 Å². The summed E-state index contributed by atoms with van der Waals surface area (Å²) in [7, 11) is 0. The molecule has 0 unspecified atom stereocenters. The Morgan fingerprint density at radius 3 is 2.71 bits per heavy atom. The lowest BCUT2D eigenvalue weighted by Crippen LogP contribution is -2.30. The molecule has 0 atom stereocenters. The van der Waals surface area contributed by atoms with Crippen LogP contribution in [0.3, 0.4) is 0 Å². The largest absolute Gasteiger partial charge is 0.339 e. The van der Waals surface area contributed by atoms with Crippen molar-refractivity contribution in [2.45, 2.75) is 6.92 Å². The molecular formula is C12H9ClN6O2. The summed E-state index contributed by atoms with van der Waals surface area (Å²) in [5.41, 5.74) is 5.09. The van der Waals surface area contributed by atoms with Gasteiger partial charge in [0.1, 0.15) is 0 Å². The molecule has 1 aromatic carbocycles. The smallest absolute Gasteiger partial charge is 0.311 e. The second kappa shape index (κ2) is 5.33. The highest BCUT2D eigenvalue weighted by atomic mass is 35.5. The van der Waals surface area contributed by atoms with Gasteiger partial charge in [-0.05, 0) is 0 Å². The summed E-state index contributed by atoms with van der Waals surface area (Å²) in [5.74, 6) is 0.0411. The van der Waals surface area contributed by atoms with Crippen molar-refractivity contribution >= 4 is 34.1 Å². The van der Waals surface area contributed by atoms with Crippen LogP contribution in [0.4, 0.5) is 5.82 Å². The van der Waals surface area contributed by atoms with E-state index < -0.39 is 5.91 Å². The summed E-state index contributed by atoms with van der Waals surface area (Å²) in [4.78, 5) is 15.6. The molecule has 0 bridgehead atoms. The van der Waals surface area contributed by atoms with Crippen molar-refractivity contribution in [2.24, 2.45) is 0 Å². The van der Waals surface area contributed by atoms with Gasteiger partial charge in [-0.15, -0.1) is 10.2 Å². The number of aromatic nitrogens is 4. The van der Waals surface area contributed by atoms with Crippen LogP contribution in [0, 0.1) is 6.92 Å². The Balaban J connectivity index is 1.83. The lowest BCUT2D eigenvalue weighted by atomic mass is 10.2. The molecule has 0 aliphatic heterocycles. The van der Waals surface area contributed by atoms with Gasteiger partial charge < -0.3 is 4.52 Å². The molecule has 8 nitrogen and oxygen atoms in total. The number of benzene rings is 1. The second-order valence-corrected chi connectivity index (χ2v) is 4.46. The molecule has 9 heteroatoms. The van der Waals surface area contributed by atoms with Crippen molar-refractivity contribution < 1.29 is 9.32 Å². The predicted molar refractivity (Wildman–Crippen MR) is 74.7 cm³/mol. The minimum Gasteiger partial charge on any atom is -0.339 e. The van der Waals surface area contributed by atoms with Gasteiger partial charge in [-0.2, -0.15) is 4.98 Å². The first-order valence-corrected chi connectivity index (χ1v) is 6.30. The van der Waals surface area contributed by atoms with Crippen molar-refractivity contribution in [3.63, 3.8) is 0 Å². The van der Waals surface area contributed by atoms with Crippen LogP contribution in [0.1, 0.15) is 16.5 Å². The average molecular weight is 305 g/mol. The Morgan fingerprint density at radius 2 is 2.00 bits per heavy atom. The number of nitrogens with one attached hydrogen (secondary N) is 2. The molecule has 2 N–H and O–H groups in total. The van der Waals surface area contributed by atoms with Gasteiger partial charge in [0.25, 0.3) is 5.82 Å². The number of nitrogens with zero attached hydrogens (tertiary/aromatic N) is 4. The van der Waals surface area contributed by atoms with E-state index in [-0.39, 0.29) is 11.0 Å². The summed E-state index contributed by atoms with van der Waals surface area (Å²) in [6.07, 6.45) is 0. The van der Waals surface area contributed by atoms with E-state index in [1.807, 2.05) is 24.3 Å². The van der Waals surface area contributed by atoms with Crippen LogP contribution in [0.5, 0.6) is 0 Å². The minimum absolute atomic E-state index is 0.0776. The third-order valence-corrected chi connectivity index (χ3v) is 2.95. The molecule has 2 heterocycles. The number of fused-ring (bicyclic) bond motifs is 1. The lowest BCUT2D eigenvalue weighted by molar-refractivity contribution is 0.0949. The molecule has 0 radical (unpaired) electrons. The number of aryl methyl sites for hydroxylation is 1. The van der Waals surface area contributed by atoms with Crippen LogP contribution < -0.4 is 10.9 Å². The van der Waals surface area contributed by atoms with E-state index in [9.17, 15) is 4.79 Å². The Bertz CT molecular complexity index is 818. The summed E-state index contributed by atoms with van der Waals surface area (Å²) in [5, 5.41) is 13.0. The van der Waals surface area contributed by atoms with Gasteiger partial charge in [-0.3, -0.25) is 15.6 Å². The normalized spacial score (nSPS) is 10.6. The van der Waals surface area contributed by atoms with Gasteiger partial charge in [0.05, 0.1) is 0 Å². The van der Waals surface area contributed by atoms with E-state index in [4.69, 9.17) is 16.1 Å². The molecular weight excluding hydrogens is 296 g/mol. The van der Waals surface area contributed by atoms with Crippen LogP contribution in [-0.2, 0) is 0 Å². The van der Waals surface area contributed by atoms with Gasteiger partial charge in [-0.25, -0.2) is 0 Å². The van der Waals surface area contributed by atoms with E-state index in [1.54, 1.807) is 6.92 Å². The maximum absolute atomic E-state index is 11.8. The van der Waals surface area contributed by atoms with Gasteiger partial charge in [-0.1, -0.05) is 41.0 Å². The van der Waals surface area contributed by atoms with Crippen LogP contribution in [0.2, 0.25) is 5.15 Å². The Labute approximate surface area is 123 Å². The monoisotopic (exact) mass is 304 g/mol. The lowest BCUT2D eigenvalue weighted by Gasteiger charge is -2.08. The zero-order chi connectivity index (χ0) is 14.8. The van der Waals surface area contributed by atoms with E-state index in [0.29, 0.717) is 11.7 Å². The number of amides is 1. The zero-order valence-electron chi connectivity index (χ0n) is 10.8. The number of rotatable bonds is 3. The highest BCUT2D eigenvalue weighted by molar-refractivity contribution is 6.34. The fraction of sp³-hybridized carbons (Fsp3) is 0.0833. The van der Waals surface area contributed by atoms with Crippen molar-refractivity contribution in [1.29, 1.82) is 0 Å². The third kappa shape index (κ3) is 2.61.